The molecular weight excluding hydrogens is 244 g/mol. The molecule has 2 nitrogen and oxygen atoms in total. The molecule has 3 heterocycles. The highest BCUT2D eigenvalue weighted by Gasteiger charge is 2.09. The van der Waals surface area contributed by atoms with Gasteiger partial charge in [-0.25, -0.2) is 0 Å². The lowest BCUT2D eigenvalue weighted by atomic mass is 10.1. The van der Waals surface area contributed by atoms with Gasteiger partial charge in [-0.05, 0) is 77.8 Å². The molecule has 0 aromatic heterocycles. The summed E-state index contributed by atoms with van der Waals surface area (Å²) in [6, 6.07) is 0. The average molecular weight is 280 g/mol. The van der Waals surface area contributed by atoms with E-state index < -0.39 is 0 Å². The van der Waals surface area contributed by atoms with Gasteiger partial charge in [0.05, 0.1) is 0 Å². The number of hydrogen-bond donors (Lipinski definition) is 0. The predicted octanol–water partition coefficient (Wildman–Crippen LogP) is 4.30. The molecule has 0 aromatic carbocycles. The van der Waals surface area contributed by atoms with E-state index in [9.17, 15) is 0 Å². The standard InChI is InChI=1S/C18H36N2/c1-2-8-14-20-17-11-5-3-9-15-19(13-7-1)16-10-4-6-12-18-20/h1-18H2. The predicted molar refractivity (Wildman–Crippen MR) is 88.3 cm³/mol. The highest BCUT2D eigenvalue weighted by Crippen LogP contribution is 2.13. The number of nitrogens with zero attached hydrogens (tertiary/aromatic N) is 2. The maximum atomic E-state index is 2.77. The van der Waals surface area contributed by atoms with Crippen molar-refractivity contribution >= 4 is 0 Å². The smallest absolute Gasteiger partial charge is 0.00187 e. The molecule has 0 aliphatic carbocycles. The molecule has 0 N–H and O–H groups in total. The first-order valence-electron chi connectivity index (χ1n) is 9.40. The van der Waals surface area contributed by atoms with Gasteiger partial charge in [0.1, 0.15) is 0 Å². The number of hydrogen-bond acceptors (Lipinski definition) is 2. The maximum Gasteiger partial charge on any atom is -0.00187 e. The van der Waals surface area contributed by atoms with E-state index in [-0.39, 0.29) is 0 Å². The fraction of sp³-hybridized carbons (Fsp3) is 1.00. The Morgan fingerprint density at radius 1 is 0.250 bits per heavy atom. The summed E-state index contributed by atoms with van der Waals surface area (Å²) in [4.78, 5) is 5.54. The van der Waals surface area contributed by atoms with Crippen LogP contribution in [0.1, 0.15) is 77.0 Å². The molecule has 2 heteroatoms. The lowest BCUT2D eigenvalue weighted by Crippen LogP contribution is -2.29. The van der Waals surface area contributed by atoms with Crippen LogP contribution in [0.15, 0.2) is 0 Å². The van der Waals surface area contributed by atoms with Crippen molar-refractivity contribution in [2.45, 2.75) is 77.0 Å². The third kappa shape index (κ3) is 7.08. The van der Waals surface area contributed by atoms with Crippen LogP contribution in [0.25, 0.3) is 0 Å². The van der Waals surface area contributed by atoms with E-state index in [0.29, 0.717) is 0 Å². The first-order valence-corrected chi connectivity index (χ1v) is 9.40. The van der Waals surface area contributed by atoms with Crippen LogP contribution in [0.3, 0.4) is 0 Å². The minimum atomic E-state index is 1.36. The van der Waals surface area contributed by atoms with E-state index >= 15 is 0 Å². The van der Waals surface area contributed by atoms with Crippen molar-refractivity contribution in [2.24, 2.45) is 0 Å². The monoisotopic (exact) mass is 280 g/mol. The zero-order valence-corrected chi connectivity index (χ0v) is 13.6. The van der Waals surface area contributed by atoms with Gasteiger partial charge in [-0.15, -0.1) is 0 Å². The van der Waals surface area contributed by atoms with Crippen LogP contribution in [-0.4, -0.2) is 49.1 Å². The Labute approximate surface area is 126 Å². The summed E-state index contributed by atoms with van der Waals surface area (Å²) in [6.45, 7) is 8.19. The molecule has 3 aliphatic heterocycles. The quantitative estimate of drug-likeness (QED) is 0.653. The van der Waals surface area contributed by atoms with Crippen molar-refractivity contribution in [2.75, 3.05) is 39.3 Å². The van der Waals surface area contributed by atoms with E-state index in [1.54, 1.807) is 0 Å². The van der Waals surface area contributed by atoms with E-state index in [0.717, 1.165) is 0 Å². The zero-order valence-electron chi connectivity index (χ0n) is 13.6. The minimum Gasteiger partial charge on any atom is -0.303 e. The van der Waals surface area contributed by atoms with Crippen molar-refractivity contribution in [3.8, 4) is 0 Å². The summed E-state index contributed by atoms with van der Waals surface area (Å²) in [5.74, 6) is 0. The average Bonchev–Trinajstić information content (AvgIpc) is 2.47. The Balaban J connectivity index is 1.89. The van der Waals surface area contributed by atoms with Crippen LogP contribution in [0.2, 0.25) is 0 Å². The Kier molecular flexibility index (Phi) is 8.65. The Bertz CT molecular complexity index is 167. The van der Waals surface area contributed by atoms with Gasteiger partial charge < -0.3 is 9.80 Å². The van der Waals surface area contributed by atoms with Crippen molar-refractivity contribution in [3.63, 3.8) is 0 Å². The number of fused-ring (bicyclic) bond motifs is 15. The normalized spacial score (nSPS) is 32.4. The third-order valence-corrected chi connectivity index (χ3v) is 5.10. The van der Waals surface area contributed by atoms with Gasteiger partial charge in [-0.2, -0.15) is 0 Å². The van der Waals surface area contributed by atoms with E-state index in [1.807, 2.05) is 0 Å². The van der Waals surface area contributed by atoms with E-state index in [4.69, 9.17) is 0 Å². The summed E-state index contributed by atoms with van der Waals surface area (Å²) < 4.78 is 0. The lowest BCUT2D eigenvalue weighted by molar-refractivity contribution is 0.226. The maximum absolute atomic E-state index is 2.77. The number of rotatable bonds is 0. The van der Waals surface area contributed by atoms with Gasteiger partial charge in [0.25, 0.3) is 0 Å². The second-order valence-corrected chi connectivity index (χ2v) is 6.93. The van der Waals surface area contributed by atoms with Crippen molar-refractivity contribution in [1.82, 2.24) is 9.80 Å². The van der Waals surface area contributed by atoms with Crippen LogP contribution in [0.4, 0.5) is 0 Å². The van der Waals surface area contributed by atoms with Crippen LogP contribution in [0.5, 0.6) is 0 Å². The van der Waals surface area contributed by atoms with Crippen LogP contribution in [-0.2, 0) is 0 Å². The lowest BCUT2D eigenvalue weighted by Gasteiger charge is -2.26. The fourth-order valence-corrected chi connectivity index (χ4v) is 3.74. The molecular formula is C18H36N2. The second kappa shape index (κ2) is 10.6. The highest BCUT2D eigenvalue weighted by atomic mass is 15.1. The van der Waals surface area contributed by atoms with Gasteiger partial charge >= 0.3 is 0 Å². The summed E-state index contributed by atoms with van der Waals surface area (Å²) in [7, 11) is 0. The van der Waals surface area contributed by atoms with E-state index in [2.05, 4.69) is 9.80 Å². The Morgan fingerprint density at radius 3 is 0.650 bits per heavy atom. The Morgan fingerprint density at radius 2 is 0.450 bits per heavy atom. The Hall–Kier alpha value is -0.0800. The summed E-state index contributed by atoms with van der Waals surface area (Å²) in [6.07, 6.45) is 17.3. The third-order valence-electron chi connectivity index (χ3n) is 5.10. The highest BCUT2D eigenvalue weighted by molar-refractivity contribution is 4.65. The molecule has 2 bridgehead atoms. The van der Waals surface area contributed by atoms with Crippen molar-refractivity contribution < 1.29 is 0 Å². The molecule has 20 heavy (non-hydrogen) atoms. The van der Waals surface area contributed by atoms with Gasteiger partial charge in [0.15, 0.2) is 0 Å². The molecule has 0 amide bonds. The summed E-state index contributed by atoms with van der Waals surface area (Å²) in [5.41, 5.74) is 0. The largest absolute Gasteiger partial charge is 0.303 e. The molecule has 0 saturated carbocycles. The minimum absolute atomic E-state index is 1.36. The van der Waals surface area contributed by atoms with Crippen molar-refractivity contribution in [3.05, 3.63) is 0 Å². The fourth-order valence-electron chi connectivity index (χ4n) is 3.74. The molecule has 3 saturated heterocycles. The molecule has 118 valence electrons. The van der Waals surface area contributed by atoms with Gasteiger partial charge in [-0.1, -0.05) is 38.5 Å². The second-order valence-electron chi connectivity index (χ2n) is 6.93. The molecule has 0 radical (unpaired) electrons. The van der Waals surface area contributed by atoms with Gasteiger partial charge in [0.2, 0.25) is 0 Å². The zero-order chi connectivity index (χ0) is 13.9. The molecule has 0 aromatic rings. The molecule has 3 rings (SSSR count). The molecule has 0 unspecified atom stereocenters. The van der Waals surface area contributed by atoms with Gasteiger partial charge in [-0.3, -0.25) is 0 Å². The van der Waals surface area contributed by atoms with Crippen LogP contribution < -0.4 is 0 Å². The molecule has 3 fully saturated rings. The molecule has 3 aliphatic rings. The first-order chi connectivity index (χ1) is 9.95. The summed E-state index contributed by atoms with van der Waals surface area (Å²) in [5, 5.41) is 0. The van der Waals surface area contributed by atoms with Crippen molar-refractivity contribution in [1.29, 1.82) is 0 Å². The molecule has 0 spiro atoms. The SMILES string of the molecule is C1CCCN2CCCCCCN(CC1)CCCCCC2. The van der Waals surface area contributed by atoms with Gasteiger partial charge in [0, 0.05) is 0 Å². The van der Waals surface area contributed by atoms with Crippen LogP contribution >= 0.6 is 0 Å². The summed E-state index contributed by atoms with van der Waals surface area (Å²) >= 11 is 0. The topological polar surface area (TPSA) is 6.48 Å². The molecule has 0 atom stereocenters. The van der Waals surface area contributed by atoms with Crippen LogP contribution in [0, 0.1) is 0 Å². The van der Waals surface area contributed by atoms with E-state index in [1.165, 1.54) is 116 Å². The first kappa shape index (κ1) is 16.3.